The Kier molecular flexibility index (Phi) is 5.81. The lowest BCUT2D eigenvalue weighted by atomic mass is 10.1. The zero-order valence-electron chi connectivity index (χ0n) is 14.2. The van der Waals surface area contributed by atoms with Crippen molar-refractivity contribution in [3.05, 3.63) is 101 Å². The van der Waals surface area contributed by atoms with Crippen molar-refractivity contribution >= 4 is 21.8 Å². The molecule has 26 heavy (non-hydrogen) atoms. The second kappa shape index (κ2) is 8.45. The van der Waals surface area contributed by atoms with Crippen LogP contribution in [0.1, 0.15) is 16.8 Å². The lowest BCUT2D eigenvalue weighted by Crippen LogP contribution is -2.09. The number of benzene rings is 2. The van der Waals surface area contributed by atoms with E-state index >= 15 is 0 Å². The van der Waals surface area contributed by atoms with E-state index < -0.39 is 10.0 Å². The van der Waals surface area contributed by atoms with E-state index in [1.54, 1.807) is 18.3 Å². The van der Waals surface area contributed by atoms with Gasteiger partial charge in [0.05, 0.1) is 5.41 Å². The first-order chi connectivity index (χ1) is 12.6. The molecule has 0 aliphatic rings. The minimum absolute atomic E-state index is 0.557. The molecule has 0 aliphatic carbocycles. The normalized spacial score (nSPS) is 11.5. The molecule has 3 rings (SSSR count). The van der Waals surface area contributed by atoms with E-state index in [0.717, 1.165) is 29.7 Å². The van der Waals surface area contributed by atoms with Crippen LogP contribution in [0.2, 0.25) is 0 Å². The molecule has 0 spiro atoms. The summed E-state index contributed by atoms with van der Waals surface area (Å²) in [6, 6.07) is 22.6. The molecule has 0 atom stereocenters. The molecule has 0 radical (unpaired) electrons. The third-order valence-electron chi connectivity index (χ3n) is 3.82. The molecule has 0 aliphatic heterocycles. The lowest BCUT2D eigenvalue weighted by molar-refractivity contribution is 0.609. The lowest BCUT2D eigenvalue weighted by Gasteiger charge is -2.07. The van der Waals surface area contributed by atoms with Crippen LogP contribution >= 0.6 is 0 Å². The molecule has 1 heterocycles. The molecule has 0 bridgehead atoms. The number of aromatic nitrogens is 1. The highest BCUT2D eigenvalue weighted by Gasteiger charge is 2.06. The number of sulfonamides is 1. The smallest absolute Gasteiger partial charge is 0.255 e. The highest BCUT2D eigenvalue weighted by atomic mass is 32.2. The van der Waals surface area contributed by atoms with Crippen molar-refractivity contribution in [2.24, 2.45) is 0 Å². The number of hydrogen-bond acceptors (Lipinski definition) is 3. The monoisotopic (exact) mass is 364 g/mol. The van der Waals surface area contributed by atoms with Crippen LogP contribution in [-0.2, 0) is 22.9 Å². The molecular formula is C21H20N2O2S. The number of nitrogens with zero attached hydrogens (tertiary/aromatic N) is 1. The van der Waals surface area contributed by atoms with Crippen molar-refractivity contribution in [2.75, 3.05) is 4.72 Å². The molecule has 0 saturated heterocycles. The summed E-state index contributed by atoms with van der Waals surface area (Å²) < 4.78 is 27.1. The van der Waals surface area contributed by atoms with Crippen LogP contribution in [0.25, 0.3) is 6.08 Å². The summed E-state index contributed by atoms with van der Waals surface area (Å²) in [7, 11) is -3.56. The van der Waals surface area contributed by atoms with Crippen LogP contribution < -0.4 is 4.72 Å². The van der Waals surface area contributed by atoms with Crippen LogP contribution in [0, 0.1) is 0 Å². The Morgan fingerprint density at radius 2 is 1.69 bits per heavy atom. The fraction of sp³-hybridized carbons (Fsp3) is 0.0952. The summed E-state index contributed by atoms with van der Waals surface area (Å²) in [5.41, 5.74) is 3.47. The maximum atomic E-state index is 12.3. The summed E-state index contributed by atoms with van der Waals surface area (Å²) >= 11 is 0. The molecule has 0 fully saturated rings. The maximum Gasteiger partial charge on any atom is 0.255 e. The Bertz CT molecular complexity index is 969. The fourth-order valence-corrected chi connectivity index (χ4v) is 3.40. The predicted molar refractivity (Wildman–Crippen MR) is 106 cm³/mol. The number of hydrogen-bond donors (Lipinski definition) is 1. The Morgan fingerprint density at radius 3 is 2.46 bits per heavy atom. The number of nitrogens with one attached hydrogen (secondary N) is 1. The van der Waals surface area contributed by atoms with Crippen LogP contribution in [0.5, 0.6) is 0 Å². The van der Waals surface area contributed by atoms with Gasteiger partial charge in [-0.1, -0.05) is 48.5 Å². The Balaban J connectivity index is 1.65. The number of aryl methyl sites for hydroxylation is 2. The van der Waals surface area contributed by atoms with E-state index in [2.05, 4.69) is 9.71 Å². The van der Waals surface area contributed by atoms with Crippen molar-refractivity contribution in [1.82, 2.24) is 4.98 Å². The van der Waals surface area contributed by atoms with Gasteiger partial charge in [0.2, 0.25) is 0 Å². The van der Waals surface area contributed by atoms with Gasteiger partial charge < -0.3 is 0 Å². The maximum absolute atomic E-state index is 12.3. The third kappa shape index (κ3) is 5.57. The topological polar surface area (TPSA) is 59.1 Å². The van der Waals surface area contributed by atoms with Gasteiger partial charge in [-0.15, -0.1) is 0 Å². The zero-order chi connectivity index (χ0) is 18.2. The minimum Gasteiger partial charge on any atom is -0.280 e. The minimum atomic E-state index is -3.56. The first kappa shape index (κ1) is 17.9. The number of anilines is 1. The zero-order valence-corrected chi connectivity index (χ0v) is 15.1. The summed E-state index contributed by atoms with van der Waals surface area (Å²) in [5.74, 6) is 0. The van der Waals surface area contributed by atoms with Crippen molar-refractivity contribution in [1.29, 1.82) is 0 Å². The summed E-state index contributed by atoms with van der Waals surface area (Å²) in [4.78, 5) is 4.31. The van der Waals surface area contributed by atoms with Gasteiger partial charge in [-0.3, -0.25) is 9.71 Å². The largest absolute Gasteiger partial charge is 0.280 e. The van der Waals surface area contributed by atoms with Crippen molar-refractivity contribution < 1.29 is 8.42 Å². The average molecular weight is 364 g/mol. The molecule has 0 saturated carbocycles. The summed E-state index contributed by atoms with van der Waals surface area (Å²) in [5, 5.41) is 1.18. The first-order valence-corrected chi connectivity index (χ1v) is 9.90. The van der Waals surface area contributed by atoms with E-state index in [1.807, 2.05) is 66.7 Å². The van der Waals surface area contributed by atoms with E-state index in [0.29, 0.717) is 5.69 Å². The van der Waals surface area contributed by atoms with Gasteiger partial charge in [0.25, 0.3) is 10.0 Å². The Morgan fingerprint density at radius 1 is 0.885 bits per heavy atom. The summed E-state index contributed by atoms with van der Waals surface area (Å²) in [6.07, 6.45) is 4.96. The van der Waals surface area contributed by atoms with Crippen LogP contribution in [0.4, 0.5) is 5.69 Å². The van der Waals surface area contributed by atoms with E-state index in [9.17, 15) is 8.42 Å². The van der Waals surface area contributed by atoms with Gasteiger partial charge >= 0.3 is 0 Å². The number of rotatable bonds is 7. The van der Waals surface area contributed by atoms with E-state index in [4.69, 9.17) is 0 Å². The van der Waals surface area contributed by atoms with E-state index in [1.165, 1.54) is 5.41 Å². The van der Waals surface area contributed by atoms with E-state index in [-0.39, 0.29) is 0 Å². The quantitative estimate of drug-likeness (QED) is 0.681. The second-order valence-electron chi connectivity index (χ2n) is 5.88. The molecule has 5 heteroatoms. The molecule has 0 unspecified atom stereocenters. The fourth-order valence-electron chi connectivity index (χ4n) is 2.54. The molecule has 4 nitrogen and oxygen atoms in total. The van der Waals surface area contributed by atoms with Crippen molar-refractivity contribution in [2.45, 2.75) is 12.8 Å². The van der Waals surface area contributed by atoms with Crippen molar-refractivity contribution in [3.8, 4) is 0 Å². The molecule has 1 N–H and O–H groups in total. The highest BCUT2D eigenvalue weighted by molar-refractivity contribution is 7.95. The van der Waals surface area contributed by atoms with Gasteiger partial charge in [-0.05, 0) is 54.3 Å². The number of pyridine rings is 1. The predicted octanol–water partition coefficient (Wildman–Crippen LogP) is 4.28. The van der Waals surface area contributed by atoms with Gasteiger partial charge in [0.1, 0.15) is 0 Å². The van der Waals surface area contributed by atoms with Crippen LogP contribution in [-0.4, -0.2) is 13.4 Å². The van der Waals surface area contributed by atoms with Crippen LogP contribution in [0.15, 0.2) is 84.4 Å². The second-order valence-corrected chi connectivity index (χ2v) is 7.45. The Hall–Kier alpha value is -2.92. The van der Waals surface area contributed by atoms with Crippen molar-refractivity contribution in [3.63, 3.8) is 0 Å². The third-order valence-corrected chi connectivity index (χ3v) is 4.84. The van der Waals surface area contributed by atoms with Crippen LogP contribution in [0.3, 0.4) is 0 Å². The highest BCUT2D eigenvalue weighted by Crippen LogP contribution is 2.15. The molecule has 0 amide bonds. The molecule has 132 valence electrons. The molecule has 2 aromatic carbocycles. The Labute approximate surface area is 154 Å². The van der Waals surface area contributed by atoms with Gasteiger partial charge in [-0.2, -0.15) is 0 Å². The molecule has 1 aromatic heterocycles. The van der Waals surface area contributed by atoms with Gasteiger partial charge in [0.15, 0.2) is 0 Å². The van der Waals surface area contributed by atoms with Gasteiger partial charge in [-0.25, -0.2) is 8.42 Å². The average Bonchev–Trinajstić information content (AvgIpc) is 2.67. The molecule has 3 aromatic rings. The first-order valence-electron chi connectivity index (χ1n) is 8.35. The molecular weight excluding hydrogens is 344 g/mol. The SMILES string of the molecule is O=S(=O)(/C=C/c1ccccc1)Nc1cccc(CCc2ccccn2)c1. The van der Waals surface area contributed by atoms with Gasteiger partial charge in [0, 0.05) is 17.6 Å². The standard InChI is InChI=1S/C21H20N2O2S/c24-26(25,16-14-18-7-2-1-3-8-18)23-21-11-6-9-19(17-21)12-13-20-10-4-5-15-22-20/h1-11,14-17,23H,12-13H2/b16-14+. The summed E-state index contributed by atoms with van der Waals surface area (Å²) in [6.45, 7) is 0.